The Labute approximate surface area is 288 Å². The second-order valence-corrected chi connectivity index (χ2v) is 13.3. The fraction of sp³-hybridized carbons (Fsp3) is 0.308. The van der Waals surface area contributed by atoms with E-state index in [9.17, 15) is 19.8 Å². The summed E-state index contributed by atoms with van der Waals surface area (Å²) in [6, 6.07) is 22.5. The van der Waals surface area contributed by atoms with Crippen LogP contribution >= 0.6 is 11.6 Å². The Bertz CT molecular complexity index is 2020. The Kier molecular flexibility index (Phi) is 9.38. The number of nitrogens with zero attached hydrogens (tertiary/aromatic N) is 3. The van der Waals surface area contributed by atoms with Gasteiger partial charge in [0, 0.05) is 29.2 Å². The van der Waals surface area contributed by atoms with Crippen LogP contribution in [0, 0.1) is 5.82 Å². The fourth-order valence-electron chi connectivity index (χ4n) is 7.13. The van der Waals surface area contributed by atoms with Crippen molar-refractivity contribution in [1.82, 2.24) is 14.5 Å². The first-order valence-electron chi connectivity index (χ1n) is 16.8. The summed E-state index contributed by atoms with van der Waals surface area (Å²) in [6.45, 7) is 0.546. The molecule has 49 heavy (non-hydrogen) atoms. The molecule has 0 radical (unpaired) electrons. The van der Waals surface area contributed by atoms with E-state index in [1.165, 1.54) is 11.0 Å². The van der Waals surface area contributed by atoms with Crippen molar-refractivity contribution in [2.24, 2.45) is 0 Å². The van der Waals surface area contributed by atoms with Crippen molar-refractivity contribution < 1.29 is 28.9 Å². The van der Waals surface area contributed by atoms with Crippen LogP contribution in [0.25, 0.3) is 33.5 Å². The average molecular weight is 682 g/mol. The smallest absolute Gasteiger partial charge is 0.335 e. The highest BCUT2D eigenvalue weighted by Gasteiger charge is 2.27. The number of hydrogen-bond donors (Lipinski definition) is 2. The van der Waals surface area contributed by atoms with E-state index in [4.69, 9.17) is 21.3 Å². The van der Waals surface area contributed by atoms with Crippen molar-refractivity contribution in [1.29, 1.82) is 0 Å². The van der Waals surface area contributed by atoms with Crippen LogP contribution in [0.4, 0.5) is 4.39 Å². The third-order valence-corrected chi connectivity index (χ3v) is 9.94. The Morgan fingerprint density at radius 1 is 0.857 bits per heavy atom. The van der Waals surface area contributed by atoms with E-state index in [0.717, 1.165) is 67.2 Å². The van der Waals surface area contributed by atoms with Gasteiger partial charge in [0.25, 0.3) is 5.91 Å². The van der Waals surface area contributed by atoms with Crippen LogP contribution in [-0.2, 0) is 6.61 Å². The Hall–Kier alpha value is -4.73. The fourth-order valence-corrected chi connectivity index (χ4v) is 7.26. The molecule has 2 fully saturated rings. The van der Waals surface area contributed by atoms with E-state index >= 15 is 4.39 Å². The number of amides is 1. The van der Waals surface area contributed by atoms with Crippen molar-refractivity contribution in [2.75, 3.05) is 6.54 Å². The summed E-state index contributed by atoms with van der Waals surface area (Å²) in [4.78, 5) is 31.4. The van der Waals surface area contributed by atoms with Crippen LogP contribution in [0.2, 0.25) is 5.02 Å². The molecule has 1 aromatic heterocycles. The first-order chi connectivity index (χ1) is 23.8. The van der Waals surface area contributed by atoms with Gasteiger partial charge in [0.1, 0.15) is 30.2 Å². The van der Waals surface area contributed by atoms with Gasteiger partial charge in [-0.25, -0.2) is 14.2 Å². The third-order valence-electron chi connectivity index (χ3n) is 9.69. The molecule has 7 rings (SSSR count). The molecule has 2 heterocycles. The van der Waals surface area contributed by atoms with Gasteiger partial charge in [0.05, 0.1) is 22.2 Å². The number of fused-ring (bicyclic) bond motifs is 1. The number of aromatic nitrogens is 2. The lowest BCUT2D eigenvalue weighted by molar-refractivity contribution is -0.0120. The number of carbonyl (C=O) groups is 2. The number of benzene rings is 4. The van der Waals surface area contributed by atoms with Gasteiger partial charge in [-0.05, 0) is 103 Å². The molecular weight excluding hydrogens is 645 g/mol. The molecular formula is C39H37ClFN3O5. The lowest BCUT2D eigenvalue weighted by atomic mass is 9.94. The maximum atomic E-state index is 16.0. The van der Waals surface area contributed by atoms with Crippen LogP contribution < -0.4 is 4.74 Å². The summed E-state index contributed by atoms with van der Waals surface area (Å²) >= 11 is 6.15. The summed E-state index contributed by atoms with van der Waals surface area (Å²) < 4.78 is 24.3. The molecule has 1 saturated heterocycles. The van der Waals surface area contributed by atoms with E-state index in [1.807, 2.05) is 18.2 Å². The van der Waals surface area contributed by atoms with Gasteiger partial charge >= 0.3 is 5.97 Å². The lowest BCUT2D eigenvalue weighted by Crippen LogP contribution is -2.43. The van der Waals surface area contributed by atoms with Crippen molar-refractivity contribution in [3.05, 3.63) is 106 Å². The number of rotatable bonds is 8. The van der Waals surface area contributed by atoms with Gasteiger partial charge in [0.2, 0.25) is 0 Å². The van der Waals surface area contributed by atoms with Gasteiger partial charge in [-0.2, -0.15) is 0 Å². The topological polar surface area (TPSA) is 105 Å². The zero-order chi connectivity index (χ0) is 34.1. The Morgan fingerprint density at radius 2 is 1.59 bits per heavy atom. The zero-order valence-electron chi connectivity index (χ0n) is 26.9. The highest BCUT2D eigenvalue weighted by molar-refractivity contribution is 6.30. The number of likely N-dealkylation sites (tertiary alicyclic amines) is 1. The summed E-state index contributed by atoms with van der Waals surface area (Å²) in [5.74, 6) is -1.03. The molecule has 0 bridgehead atoms. The van der Waals surface area contributed by atoms with Gasteiger partial charge in [-0.1, -0.05) is 49.1 Å². The molecule has 8 nitrogen and oxygen atoms in total. The number of carboxylic acids is 1. The highest BCUT2D eigenvalue weighted by atomic mass is 35.5. The number of piperidine rings is 1. The molecule has 1 unspecified atom stereocenters. The molecule has 1 aliphatic heterocycles. The minimum atomic E-state index is -1.04. The largest absolute Gasteiger partial charge is 0.489 e. The molecule has 0 spiro atoms. The van der Waals surface area contributed by atoms with E-state index < -0.39 is 18.0 Å². The number of hydrogen-bond acceptors (Lipinski definition) is 5. The minimum absolute atomic E-state index is 0.0545. The predicted molar refractivity (Wildman–Crippen MR) is 186 cm³/mol. The number of carbonyl (C=O) groups excluding carboxylic acids is 1. The summed E-state index contributed by atoms with van der Waals surface area (Å²) in [7, 11) is 0. The number of ether oxygens (including phenoxy) is 1. The predicted octanol–water partition coefficient (Wildman–Crippen LogP) is 8.89. The quantitative estimate of drug-likeness (QED) is 0.170. The second-order valence-electron chi connectivity index (χ2n) is 12.9. The second kappa shape index (κ2) is 14.0. The molecule has 10 heteroatoms. The van der Waals surface area contributed by atoms with Gasteiger partial charge in [-0.3, -0.25) is 4.79 Å². The minimum Gasteiger partial charge on any atom is -0.489 e. The standard InChI is InChI=1S/C39H37ClFN3O5/c40-28-13-9-24(10-14-28)31-16-11-25(38(46)43-19-5-4-8-36(43)45)20-27(31)23-49-30-15-17-32(33(41)22-30)37-42-34-21-26(39(47)48)12-18-35(34)44(37)29-6-2-1-3-7-29/h9-18,20-22,29,36,45H,1-8,19,23H2,(H,47,48). The van der Waals surface area contributed by atoms with Crippen LogP contribution in [0.15, 0.2) is 78.9 Å². The molecule has 2 N–H and O–H groups in total. The van der Waals surface area contributed by atoms with Crippen LogP contribution in [0.3, 0.4) is 0 Å². The maximum absolute atomic E-state index is 16.0. The monoisotopic (exact) mass is 681 g/mol. The van der Waals surface area contributed by atoms with Crippen molar-refractivity contribution >= 4 is 34.5 Å². The number of aromatic carboxylic acids is 1. The summed E-state index contributed by atoms with van der Waals surface area (Å²) in [5, 5.41) is 20.6. The number of halogens is 2. The summed E-state index contributed by atoms with van der Waals surface area (Å²) in [5.41, 5.74) is 4.62. The number of aliphatic hydroxyl groups excluding tert-OH is 1. The highest BCUT2D eigenvalue weighted by Crippen LogP contribution is 2.38. The number of imidazole rings is 1. The van der Waals surface area contributed by atoms with E-state index in [0.29, 0.717) is 46.2 Å². The summed E-state index contributed by atoms with van der Waals surface area (Å²) in [6.07, 6.45) is 6.61. The first kappa shape index (κ1) is 32.8. The molecule has 1 saturated carbocycles. The zero-order valence-corrected chi connectivity index (χ0v) is 27.7. The van der Waals surface area contributed by atoms with Crippen LogP contribution in [0.1, 0.15) is 83.7 Å². The Morgan fingerprint density at radius 3 is 2.33 bits per heavy atom. The molecule has 2 aliphatic rings. The molecule has 252 valence electrons. The van der Waals surface area contributed by atoms with Crippen molar-refractivity contribution in [3.8, 4) is 28.3 Å². The van der Waals surface area contributed by atoms with Crippen LogP contribution in [-0.4, -0.2) is 49.3 Å². The van der Waals surface area contributed by atoms with Gasteiger partial charge in [-0.15, -0.1) is 0 Å². The number of carboxylic acid groups (broad SMARTS) is 1. The molecule has 4 aromatic carbocycles. The number of aliphatic hydroxyl groups is 1. The normalized spacial score (nSPS) is 17.0. The first-order valence-corrected chi connectivity index (χ1v) is 17.2. The van der Waals surface area contributed by atoms with Crippen LogP contribution in [0.5, 0.6) is 5.75 Å². The van der Waals surface area contributed by atoms with E-state index in [1.54, 1.807) is 54.6 Å². The van der Waals surface area contributed by atoms with Crippen molar-refractivity contribution in [3.63, 3.8) is 0 Å². The SMILES string of the molecule is O=C(O)c1ccc2c(c1)nc(-c1ccc(OCc3cc(C(=O)N4CCCCC4O)ccc3-c3ccc(Cl)cc3)cc1F)n2C1CCCCC1. The van der Waals surface area contributed by atoms with Gasteiger partial charge < -0.3 is 24.4 Å². The maximum Gasteiger partial charge on any atom is 0.335 e. The lowest BCUT2D eigenvalue weighted by Gasteiger charge is -2.32. The van der Waals surface area contributed by atoms with E-state index in [2.05, 4.69) is 4.57 Å². The Balaban J connectivity index is 1.20. The molecule has 1 aliphatic carbocycles. The third kappa shape index (κ3) is 6.78. The average Bonchev–Trinajstić information content (AvgIpc) is 3.50. The molecule has 1 amide bonds. The van der Waals surface area contributed by atoms with Gasteiger partial charge in [0.15, 0.2) is 0 Å². The van der Waals surface area contributed by atoms with Crippen molar-refractivity contribution in [2.45, 2.75) is 70.2 Å². The molecule has 1 atom stereocenters. The molecule has 5 aromatic rings. The van der Waals surface area contributed by atoms with E-state index in [-0.39, 0.29) is 24.1 Å².